The van der Waals surface area contributed by atoms with Gasteiger partial charge in [-0.3, -0.25) is 0 Å². The SMILES string of the molecule is Nn1cnc(O)c2cc3cc4ccccc4c3nc21. The van der Waals surface area contributed by atoms with Crippen LogP contribution in [0.3, 0.4) is 0 Å². The molecule has 0 saturated heterocycles. The van der Waals surface area contributed by atoms with Crippen LogP contribution in [0.5, 0.6) is 5.88 Å². The molecule has 5 heteroatoms. The molecular weight excluding hydrogens is 240 g/mol. The number of pyridine rings is 1. The van der Waals surface area contributed by atoms with E-state index in [0.29, 0.717) is 11.0 Å². The molecule has 0 aliphatic heterocycles. The van der Waals surface area contributed by atoms with Gasteiger partial charge in [-0.25, -0.2) is 14.6 Å². The van der Waals surface area contributed by atoms with Gasteiger partial charge in [-0.2, -0.15) is 0 Å². The van der Waals surface area contributed by atoms with Crippen molar-refractivity contribution in [2.45, 2.75) is 0 Å². The minimum Gasteiger partial charge on any atom is -0.493 e. The molecule has 0 amide bonds. The van der Waals surface area contributed by atoms with Crippen LogP contribution in [0, 0.1) is 0 Å². The molecule has 0 fully saturated rings. The molecule has 4 rings (SSSR count). The maximum absolute atomic E-state index is 9.81. The molecule has 92 valence electrons. The summed E-state index contributed by atoms with van der Waals surface area (Å²) in [5, 5.41) is 13.5. The number of nitrogen functional groups attached to an aromatic ring is 1. The van der Waals surface area contributed by atoms with Gasteiger partial charge in [0.15, 0.2) is 5.65 Å². The Labute approximate surface area is 107 Å². The number of fused-ring (bicyclic) bond motifs is 4. The lowest BCUT2D eigenvalue weighted by Crippen LogP contribution is -2.11. The van der Waals surface area contributed by atoms with E-state index in [1.54, 1.807) is 0 Å². The summed E-state index contributed by atoms with van der Waals surface area (Å²) in [5.41, 5.74) is 1.39. The summed E-state index contributed by atoms with van der Waals surface area (Å²) in [4.78, 5) is 8.39. The quantitative estimate of drug-likeness (QED) is 0.469. The van der Waals surface area contributed by atoms with Crippen molar-refractivity contribution in [2.24, 2.45) is 0 Å². The van der Waals surface area contributed by atoms with Crippen LogP contribution >= 0.6 is 0 Å². The Bertz CT molecular complexity index is 942. The molecular formula is C14H10N4O. The van der Waals surface area contributed by atoms with Crippen LogP contribution in [0.15, 0.2) is 42.7 Å². The number of hydrogen-bond donors (Lipinski definition) is 2. The Hall–Kier alpha value is -2.82. The van der Waals surface area contributed by atoms with Gasteiger partial charge < -0.3 is 10.9 Å². The lowest BCUT2D eigenvalue weighted by Gasteiger charge is -2.05. The topological polar surface area (TPSA) is 77.0 Å². The average molecular weight is 250 g/mol. The first kappa shape index (κ1) is 10.1. The Kier molecular flexibility index (Phi) is 1.79. The first-order valence-corrected chi connectivity index (χ1v) is 5.87. The average Bonchev–Trinajstić information content (AvgIpc) is 2.79. The van der Waals surface area contributed by atoms with Crippen LogP contribution in [0.2, 0.25) is 0 Å². The largest absolute Gasteiger partial charge is 0.493 e. The van der Waals surface area contributed by atoms with Crippen molar-refractivity contribution in [1.82, 2.24) is 14.6 Å². The van der Waals surface area contributed by atoms with E-state index in [1.807, 2.05) is 36.4 Å². The fourth-order valence-corrected chi connectivity index (χ4v) is 2.45. The molecule has 0 spiro atoms. The van der Waals surface area contributed by atoms with Crippen LogP contribution < -0.4 is 5.84 Å². The highest BCUT2D eigenvalue weighted by atomic mass is 16.3. The van der Waals surface area contributed by atoms with E-state index < -0.39 is 0 Å². The minimum absolute atomic E-state index is 0.0589. The molecule has 0 saturated carbocycles. The normalized spacial score (nSPS) is 11.6. The Morgan fingerprint density at radius 2 is 1.89 bits per heavy atom. The summed E-state index contributed by atoms with van der Waals surface area (Å²) in [6.45, 7) is 0. The zero-order valence-corrected chi connectivity index (χ0v) is 9.91. The number of rotatable bonds is 0. The first-order valence-electron chi connectivity index (χ1n) is 5.87. The van der Waals surface area contributed by atoms with E-state index >= 15 is 0 Å². The van der Waals surface area contributed by atoms with Gasteiger partial charge >= 0.3 is 0 Å². The molecule has 0 radical (unpaired) electrons. The van der Waals surface area contributed by atoms with E-state index in [-0.39, 0.29) is 5.88 Å². The van der Waals surface area contributed by atoms with Gasteiger partial charge in [0.05, 0.1) is 10.9 Å². The molecule has 19 heavy (non-hydrogen) atoms. The predicted octanol–water partition coefficient (Wildman–Crippen LogP) is 2.16. The highest BCUT2D eigenvalue weighted by Gasteiger charge is 2.10. The van der Waals surface area contributed by atoms with Gasteiger partial charge in [0.2, 0.25) is 5.88 Å². The lowest BCUT2D eigenvalue weighted by molar-refractivity contribution is 0.458. The van der Waals surface area contributed by atoms with Crippen molar-refractivity contribution in [3.8, 4) is 5.88 Å². The third-order valence-corrected chi connectivity index (χ3v) is 3.35. The fraction of sp³-hybridized carbons (Fsp3) is 0. The minimum atomic E-state index is -0.0589. The second kappa shape index (κ2) is 3.35. The molecule has 0 atom stereocenters. The molecule has 2 aromatic carbocycles. The van der Waals surface area contributed by atoms with Crippen LogP contribution in [0.25, 0.3) is 32.7 Å². The Morgan fingerprint density at radius 3 is 2.79 bits per heavy atom. The van der Waals surface area contributed by atoms with Crippen molar-refractivity contribution >= 4 is 32.7 Å². The van der Waals surface area contributed by atoms with E-state index in [4.69, 9.17) is 5.84 Å². The number of aromatic nitrogens is 3. The Morgan fingerprint density at radius 1 is 1.05 bits per heavy atom. The molecule has 0 unspecified atom stereocenters. The van der Waals surface area contributed by atoms with Crippen molar-refractivity contribution in [2.75, 3.05) is 5.84 Å². The standard InChI is InChI=1S/C14H10N4O/c15-18-7-16-14(19)11-6-9-5-8-3-1-2-4-10(8)12(9)17-13(11)18/h1-7,19H,15H2. The highest BCUT2D eigenvalue weighted by Crippen LogP contribution is 2.31. The zero-order chi connectivity index (χ0) is 13.0. The lowest BCUT2D eigenvalue weighted by atomic mass is 10.2. The molecule has 4 aromatic rings. The second-order valence-electron chi connectivity index (χ2n) is 4.50. The van der Waals surface area contributed by atoms with E-state index in [0.717, 1.165) is 21.7 Å². The zero-order valence-electron chi connectivity index (χ0n) is 9.91. The molecule has 0 aliphatic rings. The fourth-order valence-electron chi connectivity index (χ4n) is 2.45. The summed E-state index contributed by atoms with van der Waals surface area (Å²) >= 11 is 0. The maximum Gasteiger partial charge on any atom is 0.223 e. The van der Waals surface area contributed by atoms with Gasteiger partial charge in [0, 0.05) is 10.8 Å². The van der Waals surface area contributed by atoms with Crippen LogP contribution in [-0.4, -0.2) is 19.8 Å². The molecule has 3 N–H and O–H groups in total. The number of aromatic hydroxyl groups is 1. The third-order valence-electron chi connectivity index (χ3n) is 3.35. The second-order valence-corrected chi connectivity index (χ2v) is 4.50. The number of benzene rings is 1. The Balaban J connectivity index is 2.28. The van der Waals surface area contributed by atoms with Gasteiger partial charge in [-0.15, -0.1) is 0 Å². The smallest absolute Gasteiger partial charge is 0.223 e. The van der Waals surface area contributed by atoms with E-state index in [9.17, 15) is 5.11 Å². The first-order chi connectivity index (χ1) is 9.24. The van der Waals surface area contributed by atoms with E-state index in [2.05, 4.69) is 9.97 Å². The van der Waals surface area contributed by atoms with Crippen molar-refractivity contribution in [3.63, 3.8) is 0 Å². The third kappa shape index (κ3) is 1.29. The number of nitrogens with zero attached hydrogens (tertiary/aromatic N) is 3. The van der Waals surface area contributed by atoms with Crippen molar-refractivity contribution in [1.29, 1.82) is 0 Å². The molecule has 2 aromatic heterocycles. The van der Waals surface area contributed by atoms with Crippen molar-refractivity contribution < 1.29 is 5.11 Å². The number of nitrogens with two attached hydrogens (primary N) is 1. The van der Waals surface area contributed by atoms with Crippen molar-refractivity contribution in [3.05, 3.63) is 42.7 Å². The van der Waals surface area contributed by atoms with Crippen LogP contribution in [0.1, 0.15) is 0 Å². The molecule has 2 heterocycles. The summed E-state index contributed by atoms with van der Waals surface area (Å²) in [7, 11) is 0. The monoisotopic (exact) mass is 250 g/mol. The van der Waals surface area contributed by atoms with Gasteiger partial charge in [-0.05, 0) is 17.5 Å². The van der Waals surface area contributed by atoms with Crippen LogP contribution in [-0.2, 0) is 0 Å². The van der Waals surface area contributed by atoms with Crippen LogP contribution in [0.4, 0.5) is 0 Å². The maximum atomic E-state index is 9.81. The predicted molar refractivity (Wildman–Crippen MR) is 74.4 cm³/mol. The summed E-state index contributed by atoms with van der Waals surface area (Å²) < 4.78 is 1.32. The summed E-state index contributed by atoms with van der Waals surface area (Å²) in [5.74, 6) is 5.75. The number of hydrogen-bond acceptors (Lipinski definition) is 4. The summed E-state index contributed by atoms with van der Waals surface area (Å²) in [6, 6.07) is 11.9. The van der Waals surface area contributed by atoms with Gasteiger partial charge in [-0.1, -0.05) is 24.3 Å². The van der Waals surface area contributed by atoms with Gasteiger partial charge in [0.25, 0.3) is 0 Å². The van der Waals surface area contributed by atoms with E-state index in [1.165, 1.54) is 11.0 Å². The molecule has 5 nitrogen and oxygen atoms in total. The molecule has 0 aliphatic carbocycles. The highest BCUT2D eigenvalue weighted by molar-refractivity contribution is 6.12. The molecule has 0 bridgehead atoms. The summed E-state index contributed by atoms with van der Waals surface area (Å²) in [6.07, 6.45) is 1.35. The van der Waals surface area contributed by atoms with Gasteiger partial charge in [0.1, 0.15) is 6.33 Å².